The monoisotopic (exact) mass is 177 g/mol. The average molecular weight is 177 g/mol. The standard InChI is InChI=1S/C11H15NO/c1-9-2-3-10(8-12-9)4-5-11(13)6-7-11/h2-3,8,13H,4-7H2,1H3. The van der Waals surface area contributed by atoms with Crippen molar-refractivity contribution < 1.29 is 5.11 Å². The predicted molar refractivity (Wildman–Crippen MR) is 51.5 cm³/mol. The van der Waals surface area contributed by atoms with Gasteiger partial charge in [-0.25, -0.2) is 0 Å². The van der Waals surface area contributed by atoms with Crippen molar-refractivity contribution in [3.63, 3.8) is 0 Å². The van der Waals surface area contributed by atoms with Gasteiger partial charge < -0.3 is 5.11 Å². The maximum absolute atomic E-state index is 9.62. The van der Waals surface area contributed by atoms with Crippen molar-refractivity contribution in [2.75, 3.05) is 0 Å². The molecule has 1 heterocycles. The minimum Gasteiger partial charge on any atom is -0.390 e. The van der Waals surface area contributed by atoms with E-state index in [0.717, 1.165) is 31.4 Å². The number of nitrogens with zero attached hydrogens (tertiary/aromatic N) is 1. The average Bonchev–Trinajstić information content (AvgIpc) is 2.84. The number of pyridine rings is 1. The van der Waals surface area contributed by atoms with Crippen molar-refractivity contribution in [3.05, 3.63) is 29.6 Å². The highest BCUT2D eigenvalue weighted by molar-refractivity contribution is 5.14. The van der Waals surface area contributed by atoms with Crippen molar-refractivity contribution in [3.8, 4) is 0 Å². The quantitative estimate of drug-likeness (QED) is 0.764. The molecule has 1 aliphatic carbocycles. The van der Waals surface area contributed by atoms with E-state index in [2.05, 4.69) is 11.1 Å². The second kappa shape index (κ2) is 3.11. The number of hydrogen-bond donors (Lipinski definition) is 1. The molecule has 2 heteroatoms. The van der Waals surface area contributed by atoms with Crippen LogP contribution in [0.4, 0.5) is 0 Å². The van der Waals surface area contributed by atoms with E-state index in [1.165, 1.54) is 5.56 Å². The normalized spacial score (nSPS) is 18.6. The molecular weight excluding hydrogens is 162 g/mol. The van der Waals surface area contributed by atoms with Crippen LogP contribution in [-0.2, 0) is 6.42 Å². The minimum absolute atomic E-state index is 0.328. The number of aromatic nitrogens is 1. The molecule has 0 bridgehead atoms. The summed E-state index contributed by atoms with van der Waals surface area (Å²) in [7, 11) is 0. The molecule has 1 aromatic rings. The lowest BCUT2D eigenvalue weighted by Gasteiger charge is -2.06. The lowest BCUT2D eigenvalue weighted by Crippen LogP contribution is -2.07. The molecule has 1 aliphatic rings. The van der Waals surface area contributed by atoms with Crippen molar-refractivity contribution in [1.82, 2.24) is 4.98 Å². The van der Waals surface area contributed by atoms with Crippen LogP contribution in [0.15, 0.2) is 18.3 Å². The zero-order valence-electron chi connectivity index (χ0n) is 7.95. The summed E-state index contributed by atoms with van der Waals surface area (Å²) < 4.78 is 0. The van der Waals surface area contributed by atoms with Crippen LogP contribution in [0.5, 0.6) is 0 Å². The van der Waals surface area contributed by atoms with Gasteiger partial charge in [-0.05, 0) is 44.2 Å². The van der Waals surface area contributed by atoms with E-state index < -0.39 is 0 Å². The molecule has 0 atom stereocenters. The fraction of sp³-hybridized carbons (Fsp3) is 0.545. The molecule has 0 radical (unpaired) electrons. The van der Waals surface area contributed by atoms with Gasteiger partial charge in [-0.2, -0.15) is 0 Å². The maximum atomic E-state index is 9.62. The van der Waals surface area contributed by atoms with Crippen molar-refractivity contribution >= 4 is 0 Å². The van der Waals surface area contributed by atoms with Gasteiger partial charge in [0, 0.05) is 11.9 Å². The first-order valence-electron chi connectivity index (χ1n) is 4.82. The van der Waals surface area contributed by atoms with E-state index in [0.29, 0.717) is 0 Å². The molecule has 1 fully saturated rings. The van der Waals surface area contributed by atoms with Gasteiger partial charge in [0.2, 0.25) is 0 Å². The highest BCUT2D eigenvalue weighted by Crippen LogP contribution is 2.39. The van der Waals surface area contributed by atoms with Crippen LogP contribution in [0.2, 0.25) is 0 Å². The van der Waals surface area contributed by atoms with Crippen molar-refractivity contribution in [2.24, 2.45) is 0 Å². The smallest absolute Gasteiger partial charge is 0.0653 e. The predicted octanol–water partition coefficient (Wildman–Crippen LogP) is 1.85. The van der Waals surface area contributed by atoms with Gasteiger partial charge >= 0.3 is 0 Å². The fourth-order valence-corrected chi connectivity index (χ4v) is 1.42. The Morgan fingerprint density at radius 2 is 2.23 bits per heavy atom. The third-order valence-corrected chi connectivity index (χ3v) is 2.68. The Morgan fingerprint density at radius 3 is 2.77 bits per heavy atom. The van der Waals surface area contributed by atoms with E-state index in [4.69, 9.17) is 0 Å². The lowest BCUT2D eigenvalue weighted by atomic mass is 10.1. The summed E-state index contributed by atoms with van der Waals surface area (Å²) in [4.78, 5) is 4.22. The van der Waals surface area contributed by atoms with Crippen LogP contribution < -0.4 is 0 Å². The molecular formula is C11H15NO. The SMILES string of the molecule is Cc1ccc(CCC2(O)CC2)cn1. The maximum Gasteiger partial charge on any atom is 0.0653 e. The first kappa shape index (κ1) is 8.70. The van der Waals surface area contributed by atoms with Gasteiger partial charge in [0.1, 0.15) is 0 Å². The topological polar surface area (TPSA) is 33.1 Å². The summed E-state index contributed by atoms with van der Waals surface area (Å²) in [6.07, 6.45) is 5.70. The van der Waals surface area contributed by atoms with Crippen molar-refractivity contribution in [2.45, 2.75) is 38.2 Å². The second-order valence-corrected chi connectivity index (χ2v) is 4.03. The molecule has 0 aliphatic heterocycles. The number of aliphatic hydroxyl groups is 1. The van der Waals surface area contributed by atoms with E-state index in [9.17, 15) is 5.11 Å². The largest absolute Gasteiger partial charge is 0.390 e. The molecule has 13 heavy (non-hydrogen) atoms. The summed E-state index contributed by atoms with van der Waals surface area (Å²) in [5.74, 6) is 0. The molecule has 0 spiro atoms. The van der Waals surface area contributed by atoms with Gasteiger partial charge in [-0.15, -0.1) is 0 Å². The Balaban J connectivity index is 1.91. The van der Waals surface area contributed by atoms with Crippen LogP contribution in [0, 0.1) is 6.92 Å². The number of rotatable bonds is 3. The van der Waals surface area contributed by atoms with E-state index in [1.807, 2.05) is 19.2 Å². The highest BCUT2D eigenvalue weighted by Gasteiger charge is 2.39. The summed E-state index contributed by atoms with van der Waals surface area (Å²) in [6, 6.07) is 4.11. The van der Waals surface area contributed by atoms with Gasteiger partial charge in [0.15, 0.2) is 0 Å². The van der Waals surface area contributed by atoms with Crippen molar-refractivity contribution in [1.29, 1.82) is 0 Å². The molecule has 1 saturated carbocycles. The highest BCUT2D eigenvalue weighted by atomic mass is 16.3. The number of hydrogen-bond acceptors (Lipinski definition) is 2. The van der Waals surface area contributed by atoms with E-state index in [1.54, 1.807) is 0 Å². The Kier molecular flexibility index (Phi) is 2.08. The lowest BCUT2D eigenvalue weighted by molar-refractivity contribution is 0.140. The molecule has 0 aromatic carbocycles. The third kappa shape index (κ3) is 2.28. The Hall–Kier alpha value is -0.890. The van der Waals surface area contributed by atoms with Crippen LogP contribution in [0.1, 0.15) is 30.5 Å². The molecule has 1 N–H and O–H groups in total. The minimum atomic E-state index is -0.328. The molecule has 1 aromatic heterocycles. The first-order chi connectivity index (χ1) is 6.18. The van der Waals surface area contributed by atoms with E-state index >= 15 is 0 Å². The van der Waals surface area contributed by atoms with Crippen LogP contribution >= 0.6 is 0 Å². The summed E-state index contributed by atoms with van der Waals surface area (Å²) in [5.41, 5.74) is 1.95. The summed E-state index contributed by atoms with van der Waals surface area (Å²) in [5, 5.41) is 9.62. The Bertz CT molecular complexity index is 287. The van der Waals surface area contributed by atoms with Gasteiger partial charge in [0.25, 0.3) is 0 Å². The van der Waals surface area contributed by atoms with Gasteiger partial charge in [0.05, 0.1) is 5.60 Å². The second-order valence-electron chi connectivity index (χ2n) is 4.03. The fourth-order valence-electron chi connectivity index (χ4n) is 1.42. The molecule has 0 amide bonds. The number of aryl methyl sites for hydroxylation is 2. The molecule has 0 unspecified atom stereocenters. The molecule has 2 nitrogen and oxygen atoms in total. The van der Waals surface area contributed by atoms with E-state index in [-0.39, 0.29) is 5.60 Å². The van der Waals surface area contributed by atoms with Crippen LogP contribution in [0.25, 0.3) is 0 Å². The molecule has 0 saturated heterocycles. The summed E-state index contributed by atoms with van der Waals surface area (Å²) >= 11 is 0. The molecule has 2 rings (SSSR count). The Labute approximate surface area is 78.6 Å². The summed E-state index contributed by atoms with van der Waals surface area (Å²) in [6.45, 7) is 1.98. The van der Waals surface area contributed by atoms with Gasteiger partial charge in [-0.1, -0.05) is 6.07 Å². The first-order valence-corrected chi connectivity index (χ1v) is 4.82. The molecule has 70 valence electrons. The van der Waals surface area contributed by atoms with Crippen LogP contribution in [-0.4, -0.2) is 15.7 Å². The van der Waals surface area contributed by atoms with Crippen LogP contribution in [0.3, 0.4) is 0 Å². The third-order valence-electron chi connectivity index (χ3n) is 2.68. The Morgan fingerprint density at radius 1 is 1.46 bits per heavy atom. The van der Waals surface area contributed by atoms with Gasteiger partial charge in [-0.3, -0.25) is 4.98 Å². The zero-order chi connectivity index (χ0) is 9.31. The zero-order valence-corrected chi connectivity index (χ0v) is 7.95.